The Balaban J connectivity index is 1.43. The highest BCUT2D eigenvalue weighted by atomic mass is 35.5. The molecule has 1 N–H and O–H groups in total. The van der Waals surface area contributed by atoms with Crippen LogP contribution in [0.3, 0.4) is 0 Å². The van der Waals surface area contributed by atoms with Crippen molar-refractivity contribution in [3.63, 3.8) is 0 Å². The first-order valence-corrected chi connectivity index (χ1v) is 9.02. The Labute approximate surface area is 152 Å². The van der Waals surface area contributed by atoms with E-state index in [4.69, 9.17) is 16.3 Å². The molecule has 1 atom stereocenters. The molecule has 1 aliphatic heterocycles. The van der Waals surface area contributed by atoms with Gasteiger partial charge in [-0.25, -0.2) is 9.97 Å². The van der Waals surface area contributed by atoms with Crippen molar-refractivity contribution in [2.45, 2.75) is 44.8 Å². The first-order valence-electron chi connectivity index (χ1n) is 8.64. The van der Waals surface area contributed by atoms with Gasteiger partial charge in [0.05, 0.1) is 0 Å². The second kappa shape index (κ2) is 8.92. The smallest absolute Gasteiger partial charge is 0.220 e. The Morgan fingerprint density at radius 3 is 2.60 bits per heavy atom. The number of hydrogen-bond donors (Lipinski definition) is 1. The highest BCUT2D eigenvalue weighted by Gasteiger charge is 2.18. The average Bonchev–Trinajstić information content (AvgIpc) is 2.67. The fourth-order valence-corrected chi connectivity index (χ4v) is 2.89. The van der Waals surface area contributed by atoms with E-state index < -0.39 is 0 Å². The number of rotatable bonds is 6. The molecule has 0 aliphatic carbocycles. The Kier molecular flexibility index (Phi) is 6.36. The van der Waals surface area contributed by atoms with Gasteiger partial charge in [-0.15, -0.1) is 0 Å². The number of nitrogens with one attached hydrogen (secondary N) is 1. The van der Waals surface area contributed by atoms with Crippen LogP contribution in [0, 0.1) is 0 Å². The van der Waals surface area contributed by atoms with Crippen LogP contribution in [0.2, 0.25) is 5.02 Å². The lowest BCUT2D eigenvalue weighted by Gasteiger charge is -2.21. The van der Waals surface area contributed by atoms with Crippen molar-refractivity contribution in [2.24, 2.45) is 0 Å². The van der Waals surface area contributed by atoms with Crippen LogP contribution in [0.4, 0.5) is 0 Å². The molecule has 3 rings (SSSR count). The third kappa shape index (κ3) is 5.51. The summed E-state index contributed by atoms with van der Waals surface area (Å²) in [5, 5.41) is 3.61. The van der Waals surface area contributed by atoms with E-state index in [0.29, 0.717) is 24.4 Å². The molecule has 132 valence electrons. The summed E-state index contributed by atoms with van der Waals surface area (Å²) in [6.07, 6.45) is 7.90. The molecule has 1 amide bonds. The lowest BCUT2D eigenvalue weighted by atomic mass is 10.1. The Hall–Kier alpha value is -1.98. The molecule has 5 nitrogen and oxygen atoms in total. The van der Waals surface area contributed by atoms with Crippen LogP contribution in [0.25, 0.3) is 0 Å². The van der Waals surface area contributed by atoms with Gasteiger partial charge in [-0.2, -0.15) is 0 Å². The number of aromatic nitrogens is 2. The number of carbonyl (C=O) groups is 1. The molecule has 6 heteroatoms. The predicted octanol–water partition coefficient (Wildman–Crippen LogP) is 3.62. The molecule has 1 saturated heterocycles. The number of nitrogens with zero attached hydrogens (tertiary/aromatic N) is 2. The van der Waals surface area contributed by atoms with E-state index in [9.17, 15) is 4.79 Å². The molecule has 0 radical (unpaired) electrons. The monoisotopic (exact) mass is 359 g/mol. The van der Waals surface area contributed by atoms with Gasteiger partial charge in [0.2, 0.25) is 5.91 Å². The fourth-order valence-electron chi connectivity index (χ4n) is 2.76. The minimum Gasteiger partial charge on any atom is -0.370 e. The first kappa shape index (κ1) is 17.8. The molecule has 2 aromatic rings. The summed E-state index contributed by atoms with van der Waals surface area (Å²) >= 11 is 5.85. The van der Waals surface area contributed by atoms with Crippen LogP contribution >= 0.6 is 11.6 Å². The summed E-state index contributed by atoms with van der Waals surface area (Å²) in [4.78, 5) is 20.7. The zero-order chi connectivity index (χ0) is 17.5. The molecule has 1 aromatic carbocycles. The zero-order valence-corrected chi connectivity index (χ0v) is 14.8. The summed E-state index contributed by atoms with van der Waals surface area (Å²) in [6, 6.07) is 7.55. The second-order valence-corrected chi connectivity index (χ2v) is 6.64. The van der Waals surface area contributed by atoms with Gasteiger partial charge in [0.1, 0.15) is 6.10 Å². The van der Waals surface area contributed by atoms with Gasteiger partial charge in [-0.3, -0.25) is 4.79 Å². The maximum absolute atomic E-state index is 12.0. The fraction of sp³-hybridized carbons (Fsp3) is 0.421. The molecule has 2 heterocycles. The van der Waals surface area contributed by atoms with E-state index in [0.717, 1.165) is 42.8 Å². The van der Waals surface area contributed by atoms with E-state index in [-0.39, 0.29) is 12.0 Å². The predicted molar refractivity (Wildman–Crippen MR) is 96.2 cm³/mol. The van der Waals surface area contributed by atoms with E-state index >= 15 is 0 Å². The number of halogens is 1. The first-order chi connectivity index (χ1) is 12.2. The van der Waals surface area contributed by atoms with Crippen LogP contribution in [-0.2, 0) is 22.5 Å². The molecule has 0 spiro atoms. The van der Waals surface area contributed by atoms with E-state index in [1.165, 1.54) is 0 Å². The van der Waals surface area contributed by atoms with Crippen LogP contribution < -0.4 is 5.32 Å². The van der Waals surface area contributed by atoms with Gasteiger partial charge in [0.15, 0.2) is 5.82 Å². The van der Waals surface area contributed by atoms with Gasteiger partial charge in [-0.1, -0.05) is 23.7 Å². The Bertz CT molecular complexity index is 683. The van der Waals surface area contributed by atoms with Gasteiger partial charge in [0.25, 0.3) is 0 Å². The minimum atomic E-state index is 0.00893. The summed E-state index contributed by atoms with van der Waals surface area (Å²) in [5.41, 5.74) is 1.99. The van der Waals surface area contributed by atoms with Gasteiger partial charge >= 0.3 is 0 Å². The summed E-state index contributed by atoms with van der Waals surface area (Å²) in [5.74, 6) is 0.743. The van der Waals surface area contributed by atoms with Crippen LogP contribution in [0.15, 0.2) is 36.7 Å². The number of aryl methyl sites for hydroxylation is 1. The van der Waals surface area contributed by atoms with Gasteiger partial charge in [-0.05, 0) is 43.4 Å². The Morgan fingerprint density at radius 1 is 1.16 bits per heavy atom. The van der Waals surface area contributed by atoms with Crippen molar-refractivity contribution in [1.82, 2.24) is 15.3 Å². The number of benzene rings is 1. The standard InChI is InChI=1S/C19H22ClN3O2/c20-16-7-4-14(5-8-16)6-9-18(24)21-11-15-12-22-19(23-13-15)17-3-1-2-10-25-17/h4-5,7-8,12-13,17H,1-3,6,9-11H2,(H,21,24). The summed E-state index contributed by atoms with van der Waals surface area (Å²) in [6.45, 7) is 1.21. The molecule has 1 aliphatic rings. The van der Waals surface area contributed by atoms with E-state index in [1.807, 2.05) is 24.3 Å². The second-order valence-electron chi connectivity index (χ2n) is 6.21. The largest absolute Gasteiger partial charge is 0.370 e. The van der Waals surface area contributed by atoms with Gasteiger partial charge in [0, 0.05) is 42.6 Å². The van der Waals surface area contributed by atoms with Crippen molar-refractivity contribution in [3.05, 3.63) is 58.6 Å². The molecule has 0 saturated carbocycles. The van der Waals surface area contributed by atoms with E-state index in [2.05, 4.69) is 15.3 Å². The van der Waals surface area contributed by atoms with Crippen LogP contribution in [-0.4, -0.2) is 22.5 Å². The molecule has 1 fully saturated rings. The molecule has 1 unspecified atom stereocenters. The number of hydrogen-bond acceptors (Lipinski definition) is 4. The number of amides is 1. The third-order valence-corrected chi connectivity index (χ3v) is 4.49. The molecule has 1 aromatic heterocycles. The molecule has 25 heavy (non-hydrogen) atoms. The topological polar surface area (TPSA) is 64.1 Å². The van der Waals surface area contributed by atoms with Crippen molar-refractivity contribution in [2.75, 3.05) is 6.61 Å². The van der Waals surface area contributed by atoms with Crippen molar-refractivity contribution in [1.29, 1.82) is 0 Å². The highest BCUT2D eigenvalue weighted by Crippen LogP contribution is 2.24. The Morgan fingerprint density at radius 2 is 1.92 bits per heavy atom. The molecular weight excluding hydrogens is 338 g/mol. The normalized spacial score (nSPS) is 17.2. The quantitative estimate of drug-likeness (QED) is 0.855. The number of carbonyl (C=O) groups excluding carboxylic acids is 1. The summed E-state index contributed by atoms with van der Waals surface area (Å²) < 4.78 is 5.68. The van der Waals surface area contributed by atoms with Crippen molar-refractivity contribution >= 4 is 17.5 Å². The van der Waals surface area contributed by atoms with Crippen molar-refractivity contribution < 1.29 is 9.53 Å². The average molecular weight is 360 g/mol. The maximum atomic E-state index is 12.0. The SMILES string of the molecule is O=C(CCc1ccc(Cl)cc1)NCc1cnc(C2CCCCO2)nc1. The maximum Gasteiger partial charge on any atom is 0.220 e. The van der Waals surface area contributed by atoms with Crippen LogP contribution in [0.5, 0.6) is 0 Å². The van der Waals surface area contributed by atoms with E-state index in [1.54, 1.807) is 12.4 Å². The lowest BCUT2D eigenvalue weighted by Crippen LogP contribution is -2.23. The summed E-state index contributed by atoms with van der Waals surface area (Å²) in [7, 11) is 0. The molecule has 0 bridgehead atoms. The van der Waals surface area contributed by atoms with Crippen LogP contribution in [0.1, 0.15) is 48.7 Å². The van der Waals surface area contributed by atoms with Gasteiger partial charge < -0.3 is 10.1 Å². The highest BCUT2D eigenvalue weighted by molar-refractivity contribution is 6.30. The zero-order valence-electron chi connectivity index (χ0n) is 14.1. The van der Waals surface area contributed by atoms with Crippen molar-refractivity contribution in [3.8, 4) is 0 Å². The minimum absolute atomic E-state index is 0.00893. The number of ether oxygens (including phenoxy) is 1. The lowest BCUT2D eigenvalue weighted by molar-refractivity contribution is -0.121. The third-order valence-electron chi connectivity index (χ3n) is 4.24. The molecular formula is C19H22ClN3O2.